The molecule has 0 fully saturated rings. The molecular weight excluding hydrogens is 370 g/mol. The van der Waals surface area contributed by atoms with Crippen LogP contribution in [0.3, 0.4) is 0 Å². The average molecular weight is 391 g/mol. The van der Waals surface area contributed by atoms with Gasteiger partial charge in [0, 0.05) is 34.8 Å². The topological polar surface area (TPSA) is 102 Å². The number of nitrogens with one attached hydrogen (secondary N) is 1. The van der Waals surface area contributed by atoms with Crippen molar-refractivity contribution in [2.24, 2.45) is 5.10 Å². The number of benzene rings is 1. The summed E-state index contributed by atoms with van der Waals surface area (Å²) in [7, 11) is 0. The van der Waals surface area contributed by atoms with E-state index in [1.54, 1.807) is 24.4 Å². The summed E-state index contributed by atoms with van der Waals surface area (Å²) in [4.78, 5) is 27.1. The second kappa shape index (κ2) is 8.47. The number of nitro benzene ring substituents is 1. The molecule has 0 spiro atoms. The lowest BCUT2D eigenvalue weighted by molar-refractivity contribution is -0.385. The van der Waals surface area contributed by atoms with Gasteiger partial charge in [-0.3, -0.25) is 14.9 Å². The van der Waals surface area contributed by atoms with Crippen LogP contribution in [-0.2, 0) is 11.2 Å². The van der Waals surface area contributed by atoms with Crippen LogP contribution < -0.4 is 5.43 Å². The number of nitrogens with zero attached hydrogens (tertiary/aromatic N) is 4. The minimum absolute atomic E-state index is 0.0826. The summed E-state index contributed by atoms with van der Waals surface area (Å²) in [6.45, 7) is 5.90. The molecule has 1 amide bonds. The minimum Gasteiger partial charge on any atom is -0.303 e. The van der Waals surface area contributed by atoms with E-state index < -0.39 is 10.8 Å². The van der Waals surface area contributed by atoms with Gasteiger partial charge in [-0.1, -0.05) is 24.3 Å². The first-order valence-corrected chi connectivity index (χ1v) is 9.03. The third-order valence-corrected chi connectivity index (χ3v) is 4.53. The number of pyridine rings is 1. The molecule has 0 radical (unpaired) electrons. The molecule has 0 bridgehead atoms. The predicted molar refractivity (Wildman–Crippen MR) is 110 cm³/mol. The van der Waals surface area contributed by atoms with Crippen LogP contribution in [0.5, 0.6) is 0 Å². The first-order valence-electron chi connectivity index (χ1n) is 9.03. The molecule has 0 aliphatic heterocycles. The van der Waals surface area contributed by atoms with Crippen molar-refractivity contribution in [3.63, 3.8) is 0 Å². The summed E-state index contributed by atoms with van der Waals surface area (Å²) in [5.41, 5.74) is 6.55. The zero-order chi connectivity index (χ0) is 21.0. The van der Waals surface area contributed by atoms with Crippen LogP contribution in [0.15, 0.2) is 53.8 Å². The summed E-state index contributed by atoms with van der Waals surface area (Å²) in [5, 5.41) is 15.1. The standard InChI is InChI=1S/C21H21N5O3/c1-14-8-9-20(22-12-14)25-15(2)10-18(16(25)3)13-23-24-21(27)11-17-6-4-5-7-19(17)26(28)29/h4-10,12-13H,11H2,1-3H3,(H,24,27). The summed E-state index contributed by atoms with van der Waals surface area (Å²) < 4.78 is 2.01. The monoisotopic (exact) mass is 391 g/mol. The smallest absolute Gasteiger partial charge is 0.273 e. The van der Waals surface area contributed by atoms with Crippen LogP contribution in [-0.4, -0.2) is 26.6 Å². The molecule has 0 saturated carbocycles. The van der Waals surface area contributed by atoms with Crippen LogP contribution >= 0.6 is 0 Å². The third-order valence-electron chi connectivity index (χ3n) is 4.53. The molecule has 0 aliphatic carbocycles. The Morgan fingerprint density at radius 1 is 1.24 bits per heavy atom. The van der Waals surface area contributed by atoms with Gasteiger partial charge in [-0.05, 0) is 38.5 Å². The van der Waals surface area contributed by atoms with E-state index in [4.69, 9.17) is 0 Å². The average Bonchev–Trinajstić information content (AvgIpc) is 2.96. The van der Waals surface area contributed by atoms with Crippen molar-refractivity contribution in [1.29, 1.82) is 0 Å². The van der Waals surface area contributed by atoms with Crippen molar-refractivity contribution in [1.82, 2.24) is 15.0 Å². The molecule has 1 N–H and O–H groups in total. The highest BCUT2D eigenvalue weighted by Gasteiger charge is 2.15. The number of nitro groups is 1. The van der Waals surface area contributed by atoms with Gasteiger partial charge in [0.25, 0.3) is 5.69 Å². The maximum Gasteiger partial charge on any atom is 0.273 e. The van der Waals surface area contributed by atoms with Gasteiger partial charge in [0.05, 0.1) is 17.6 Å². The SMILES string of the molecule is Cc1ccc(-n2c(C)cc(C=NNC(=O)Cc3ccccc3[N+](=O)[O-])c2C)nc1. The zero-order valence-corrected chi connectivity index (χ0v) is 16.4. The quantitative estimate of drug-likeness (QED) is 0.395. The normalized spacial score (nSPS) is 11.0. The fraction of sp³-hybridized carbons (Fsp3) is 0.190. The van der Waals surface area contributed by atoms with Gasteiger partial charge in [0.1, 0.15) is 5.82 Å². The fourth-order valence-corrected chi connectivity index (χ4v) is 3.09. The molecule has 1 aromatic carbocycles. The lowest BCUT2D eigenvalue weighted by Crippen LogP contribution is -2.20. The summed E-state index contributed by atoms with van der Waals surface area (Å²) in [6.07, 6.45) is 3.25. The van der Waals surface area contributed by atoms with Crippen LogP contribution in [0.25, 0.3) is 5.82 Å². The Kier molecular flexibility index (Phi) is 5.82. The number of carbonyl (C=O) groups is 1. The number of rotatable bonds is 6. The first-order chi connectivity index (χ1) is 13.9. The second-order valence-corrected chi connectivity index (χ2v) is 6.71. The van der Waals surface area contributed by atoms with Crippen molar-refractivity contribution >= 4 is 17.8 Å². The molecule has 0 unspecified atom stereocenters. The maximum atomic E-state index is 12.1. The lowest BCUT2D eigenvalue weighted by Gasteiger charge is -2.08. The Hall–Kier alpha value is -3.81. The fourth-order valence-electron chi connectivity index (χ4n) is 3.09. The van der Waals surface area contributed by atoms with Crippen molar-refractivity contribution < 1.29 is 9.72 Å². The zero-order valence-electron chi connectivity index (χ0n) is 16.4. The first kappa shape index (κ1) is 19.9. The summed E-state index contributed by atoms with van der Waals surface area (Å²) >= 11 is 0. The van der Waals surface area contributed by atoms with E-state index in [1.165, 1.54) is 6.07 Å². The summed E-state index contributed by atoms with van der Waals surface area (Å²) in [6, 6.07) is 12.1. The number of hydrazone groups is 1. The van der Waals surface area contributed by atoms with E-state index in [0.717, 1.165) is 28.3 Å². The highest BCUT2D eigenvalue weighted by atomic mass is 16.6. The van der Waals surface area contributed by atoms with E-state index in [0.29, 0.717) is 5.56 Å². The molecule has 0 aliphatic rings. The van der Waals surface area contributed by atoms with E-state index in [9.17, 15) is 14.9 Å². The summed E-state index contributed by atoms with van der Waals surface area (Å²) in [5.74, 6) is 0.384. The molecule has 0 atom stereocenters. The van der Waals surface area contributed by atoms with E-state index in [-0.39, 0.29) is 12.1 Å². The molecule has 0 saturated heterocycles. The van der Waals surface area contributed by atoms with E-state index in [2.05, 4.69) is 15.5 Å². The van der Waals surface area contributed by atoms with Gasteiger partial charge in [-0.15, -0.1) is 0 Å². The Morgan fingerprint density at radius 2 is 2.00 bits per heavy atom. The number of hydrogen-bond acceptors (Lipinski definition) is 5. The highest BCUT2D eigenvalue weighted by Crippen LogP contribution is 2.19. The van der Waals surface area contributed by atoms with Crippen LogP contribution in [0.1, 0.15) is 28.1 Å². The second-order valence-electron chi connectivity index (χ2n) is 6.71. The molecule has 29 heavy (non-hydrogen) atoms. The number of aromatic nitrogens is 2. The number of para-hydroxylation sites is 1. The van der Waals surface area contributed by atoms with Gasteiger partial charge < -0.3 is 4.57 Å². The number of amides is 1. The molecule has 148 valence electrons. The lowest BCUT2D eigenvalue weighted by atomic mass is 10.1. The van der Waals surface area contributed by atoms with Gasteiger partial charge in [0.15, 0.2) is 0 Å². The molecule has 3 aromatic rings. The van der Waals surface area contributed by atoms with Crippen LogP contribution in [0.4, 0.5) is 5.69 Å². The van der Waals surface area contributed by atoms with E-state index >= 15 is 0 Å². The van der Waals surface area contributed by atoms with Gasteiger partial charge >= 0.3 is 0 Å². The third kappa shape index (κ3) is 4.55. The van der Waals surface area contributed by atoms with Gasteiger partial charge in [0.2, 0.25) is 5.91 Å². The molecule has 3 rings (SSSR count). The number of hydrogen-bond donors (Lipinski definition) is 1. The van der Waals surface area contributed by atoms with Crippen LogP contribution in [0, 0.1) is 30.9 Å². The van der Waals surface area contributed by atoms with E-state index in [1.807, 2.05) is 49.7 Å². The molecule has 2 heterocycles. The minimum atomic E-state index is -0.500. The Morgan fingerprint density at radius 3 is 2.69 bits per heavy atom. The largest absolute Gasteiger partial charge is 0.303 e. The number of aryl methyl sites for hydroxylation is 2. The highest BCUT2D eigenvalue weighted by molar-refractivity contribution is 5.85. The van der Waals surface area contributed by atoms with Crippen molar-refractivity contribution in [2.75, 3.05) is 0 Å². The molecule has 8 heteroatoms. The van der Waals surface area contributed by atoms with Gasteiger partial charge in [-0.25, -0.2) is 10.4 Å². The van der Waals surface area contributed by atoms with Crippen LogP contribution in [0.2, 0.25) is 0 Å². The number of carbonyl (C=O) groups excluding carboxylic acids is 1. The molecular formula is C21H21N5O3. The molecule has 8 nitrogen and oxygen atoms in total. The molecule has 2 aromatic heterocycles. The van der Waals surface area contributed by atoms with Gasteiger partial charge in [-0.2, -0.15) is 5.10 Å². The Labute approximate surface area is 168 Å². The Balaban J connectivity index is 1.71. The van der Waals surface area contributed by atoms with Crippen molar-refractivity contribution in [2.45, 2.75) is 27.2 Å². The van der Waals surface area contributed by atoms with Crippen molar-refractivity contribution in [3.05, 3.63) is 86.9 Å². The Bertz CT molecular complexity index is 1080. The predicted octanol–water partition coefficient (Wildman–Crippen LogP) is 3.40. The maximum absolute atomic E-state index is 12.1. The van der Waals surface area contributed by atoms with Crippen molar-refractivity contribution in [3.8, 4) is 5.82 Å².